The molecule has 3 aromatic rings. The third-order valence-corrected chi connectivity index (χ3v) is 3.50. The first kappa shape index (κ1) is 13.3. The average molecular weight is 279 g/mol. The number of fused-ring (bicyclic) bond motifs is 1. The summed E-state index contributed by atoms with van der Waals surface area (Å²) in [5, 5.41) is 4.30. The molecule has 2 aromatic carbocycles. The van der Waals surface area contributed by atoms with Crippen LogP contribution >= 0.6 is 0 Å². The van der Waals surface area contributed by atoms with Gasteiger partial charge in [0.1, 0.15) is 5.82 Å². The summed E-state index contributed by atoms with van der Waals surface area (Å²) in [6, 6.07) is 14.0. The van der Waals surface area contributed by atoms with Crippen molar-refractivity contribution in [2.75, 3.05) is 10.7 Å². The smallest absolute Gasteiger partial charge is 0.239 e. The molecule has 0 unspecified atom stereocenters. The van der Waals surface area contributed by atoms with E-state index in [0.29, 0.717) is 5.95 Å². The SMILES string of the molecule is Cc1ccc(Nc2nc(NN)nc3ccccc23)cc1C. The fourth-order valence-corrected chi connectivity index (χ4v) is 2.19. The van der Waals surface area contributed by atoms with Crippen LogP contribution in [0.15, 0.2) is 42.5 Å². The predicted molar refractivity (Wildman–Crippen MR) is 86.5 cm³/mol. The molecule has 0 spiro atoms. The van der Waals surface area contributed by atoms with E-state index in [1.807, 2.05) is 30.3 Å². The van der Waals surface area contributed by atoms with Crippen molar-refractivity contribution in [3.05, 3.63) is 53.6 Å². The maximum atomic E-state index is 5.44. The number of aromatic nitrogens is 2. The van der Waals surface area contributed by atoms with E-state index in [4.69, 9.17) is 5.84 Å². The lowest BCUT2D eigenvalue weighted by atomic mass is 10.1. The molecule has 0 amide bonds. The Bertz CT molecular complexity index is 798. The van der Waals surface area contributed by atoms with Crippen LogP contribution in [0.25, 0.3) is 10.9 Å². The summed E-state index contributed by atoms with van der Waals surface area (Å²) in [7, 11) is 0. The summed E-state index contributed by atoms with van der Waals surface area (Å²) in [4.78, 5) is 8.75. The maximum absolute atomic E-state index is 5.44. The summed E-state index contributed by atoms with van der Waals surface area (Å²) in [5.74, 6) is 6.57. The van der Waals surface area contributed by atoms with E-state index in [1.165, 1.54) is 11.1 Å². The molecule has 0 saturated carbocycles. The number of benzene rings is 2. The number of nitrogens with one attached hydrogen (secondary N) is 2. The number of hydrogen-bond donors (Lipinski definition) is 3. The minimum absolute atomic E-state index is 0.389. The Hall–Kier alpha value is -2.66. The highest BCUT2D eigenvalue weighted by atomic mass is 15.3. The summed E-state index contributed by atoms with van der Waals surface area (Å²) < 4.78 is 0. The largest absolute Gasteiger partial charge is 0.340 e. The molecule has 0 bridgehead atoms. The second kappa shape index (κ2) is 5.38. The molecule has 3 rings (SSSR count). The number of para-hydroxylation sites is 1. The van der Waals surface area contributed by atoms with Crippen molar-refractivity contribution in [2.24, 2.45) is 5.84 Å². The number of aryl methyl sites for hydroxylation is 2. The van der Waals surface area contributed by atoms with Gasteiger partial charge in [0.05, 0.1) is 5.52 Å². The third-order valence-electron chi connectivity index (χ3n) is 3.50. The van der Waals surface area contributed by atoms with Gasteiger partial charge in [-0.3, -0.25) is 5.43 Å². The van der Waals surface area contributed by atoms with Crippen molar-refractivity contribution < 1.29 is 0 Å². The van der Waals surface area contributed by atoms with Gasteiger partial charge in [0, 0.05) is 11.1 Å². The lowest BCUT2D eigenvalue weighted by Gasteiger charge is -2.11. The highest BCUT2D eigenvalue weighted by Gasteiger charge is 2.07. The summed E-state index contributed by atoms with van der Waals surface area (Å²) in [6.45, 7) is 4.18. The highest BCUT2D eigenvalue weighted by molar-refractivity contribution is 5.91. The quantitative estimate of drug-likeness (QED) is 0.506. The molecule has 0 radical (unpaired) electrons. The molecule has 5 heteroatoms. The van der Waals surface area contributed by atoms with Gasteiger partial charge in [0.25, 0.3) is 0 Å². The van der Waals surface area contributed by atoms with Gasteiger partial charge < -0.3 is 5.32 Å². The second-order valence-corrected chi connectivity index (χ2v) is 4.98. The van der Waals surface area contributed by atoms with Crippen LogP contribution in [0.2, 0.25) is 0 Å². The van der Waals surface area contributed by atoms with E-state index in [1.54, 1.807) is 0 Å². The lowest BCUT2D eigenvalue weighted by molar-refractivity contribution is 1.15. The third kappa shape index (κ3) is 2.64. The molecule has 4 N–H and O–H groups in total. The van der Waals surface area contributed by atoms with Crippen molar-refractivity contribution in [3.63, 3.8) is 0 Å². The standard InChI is InChI=1S/C16H17N5/c1-10-7-8-12(9-11(10)2)18-15-13-5-3-4-6-14(13)19-16(20-15)21-17/h3-9H,17H2,1-2H3,(H2,18,19,20,21). The van der Waals surface area contributed by atoms with E-state index in [0.717, 1.165) is 22.4 Å². The zero-order valence-electron chi connectivity index (χ0n) is 12.0. The van der Waals surface area contributed by atoms with Gasteiger partial charge >= 0.3 is 0 Å². The van der Waals surface area contributed by atoms with E-state index < -0.39 is 0 Å². The van der Waals surface area contributed by atoms with Crippen LogP contribution in [0.4, 0.5) is 17.5 Å². The van der Waals surface area contributed by atoms with Gasteiger partial charge in [0.2, 0.25) is 5.95 Å². The molecule has 0 aliphatic heterocycles. The molecule has 0 aliphatic carbocycles. The molecule has 0 fully saturated rings. The summed E-state index contributed by atoms with van der Waals surface area (Å²) in [6.07, 6.45) is 0. The van der Waals surface area contributed by atoms with E-state index >= 15 is 0 Å². The number of hydrogen-bond acceptors (Lipinski definition) is 5. The van der Waals surface area contributed by atoms with Crippen LogP contribution in [-0.2, 0) is 0 Å². The predicted octanol–water partition coefficient (Wildman–Crippen LogP) is 3.28. The second-order valence-electron chi connectivity index (χ2n) is 4.98. The Balaban J connectivity index is 2.08. The van der Waals surface area contributed by atoms with E-state index in [2.05, 4.69) is 46.7 Å². The normalized spacial score (nSPS) is 10.6. The van der Waals surface area contributed by atoms with Gasteiger partial charge in [-0.25, -0.2) is 10.8 Å². The lowest BCUT2D eigenvalue weighted by Crippen LogP contribution is -2.11. The van der Waals surface area contributed by atoms with Crippen molar-refractivity contribution in [3.8, 4) is 0 Å². The molecule has 1 heterocycles. The summed E-state index contributed by atoms with van der Waals surface area (Å²) in [5.41, 5.74) is 6.83. The molecular weight excluding hydrogens is 262 g/mol. The zero-order valence-corrected chi connectivity index (χ0v) is 12.0. The van der Waals surface area contributed by atoms with Gasteiger partial charge in [0.15, 0.2) is 0 Å². The number of nitrogens with zero attached hydrogens (tertiary/aromatic N) is 2. The zero-order chi connectivity index (χ0) is 14.8. The minimum atomic E-state index is 0.389. The monoisotopic (exact) mass is 279 g/mol. The Labute approximate surface area is 123 Å². The number of hydrazine groups is 1. The Kier molecular flexibility index (Phi) is 3.41. The number of anilines is 3. The molecule has 21 heavy (non-hydrogen) atoms. The molecule has 1 aromatic heterocycles. The van der Waals surface area contributed by atoms with Crippen LogP contribution in [0.3, 0.4) is 0 Å². The Morgan fingerprint density at radius 2 is 1.76 bits per heavy atom. The number of nitrogen functional groups attached to an aromatic ring is 1. The van der Waals surface area contributed by atoms with Gasteiger partial charge in [-0.1, -0.05) is 18.2 Å². The minimum Gasteiger partial charge on any atom is -0.340 e. The topological polar surface area (TPSA) is 75.9 Å². The van der Waals surface area contributed by atoms with Crippen LogP contribution in [0.1, 0.15) is 11.1 Å². The molecule has 0 aliphatic rings. The fraction of sp³-hybridized carbons (Fsp3) is 0.125. The van der Waals surface area contributed by atoms with Gasteiger partial charge in [-0.15, -0.1) is 0 Å². The number of nitrogens with two attached hydrogens (primary N) is 1. The highest BCUT2D eigenvalue weighted by Crippen LogP contribution is 2.25. The average Bonchev–Trinajstić information content (AvgIpc) is 2.51. The first-order valence-electron chi connectivity index (χ1n) is 6.75. The number of rotatable bonds is 3. The first-order chi connectivity index (χ1) is 10.2. The molecule has 5 nitrogen and oxygen atoms in total. The van der Waals surface area contributed by atoms with Crippen LogP contribution in [0, 0.1) is 13.8 Å². The molecule has 106 valence electrons. The van der Waals surface area contributed by atoms with Gasteiger partial charge in [-0.2, -0.15) is 4.98 Å². The Morgan fingerprint density at radius 3 is 2.52 bits per heavy atom. The van der Waals surface area contributed by atoms with Crippen LogP contribution in [-0.4, -0.2) is 9.97 Å². The van der Waals surface area contributed by atoms with Crippen LogP contribution < -0.4 is 16.6 Å². The Morgan fingerprint density at radius 1 is 0.952 bits per heavy atom. The van der Waals surface area contributed by atoms with Crippen molar-refractivity contribution >= 4 is 28.4 Å². The van der Waals surface area contributed by atoms with Gasteiger partial charge in [-0.05, 0) is 49.2 Å². The maximum Gasteiger partial charge on any atom is 0.239 e. The molecule has 0 atom stereocenters. The molecular formula is C16H17N5. The fourth-order valence-electron chi connectivity index (χ4n) is 2.19. The van der Waals surface area contributed by atoms with Crippen LogP contribution in [0.5, 0.6) is 0 Å². The first-order valence-corrected chi connectivity index (χ1v) is 6.75. The molecule has 0 saturated heterocycles. The summed E-state index contributed by atoms with van der Waals surface area (Å²) >= 11 is 0. The van der Waals surface area contributed by atoms with E-state index in [-0.39, 0.29) is 0 Å². The van der Waals surface area contributed by atoms with Crippen molar-refractivity contribution in [1.29, 1.82) is 0 Å². The van der Waals surface area contributed by atoms with Crippen molar-refractivity contribution in [1.82, 2.24) is 9.97 Å². The van der Waals surface area contributed by atoms with Crippen molar-refractivity contribution in [2.45, 2.75) is 13.8 Å². The van der Waals surface area contributed by atoms with E-state index in [9.17, 15) is 0 Å².